The van der Waals surface area contributed by atoms with Gasteiger partial charge in [-0.3, -0.25) is 0 Å². The maximum Gasteiger partial charge on any atom is 0.238 e. The van der Waals surface area contributed by atoms with Gasteiger partial charge in [-0.05, 0) is 37.6 Å². The Labute approximate surface area is 90.1 Å². The average molecular weight is 229 g/mol. The monoisotopic (exact) mass is 229 g/mol. The second kappa shape index (κ2) is 4.63. The summed E-state index contributed by atoms with van der Waals surface area (Å²) in [5.74, 6) is 0.650. The van der Waals surface area contributed by atoms with Crippen LogP contribution in [0.5, 0.6) is 5.75 Å². The lowest BCUT2D eigenvalue weighted by Crippen LogP contribution is -2.12. The van der Waals surface area contributed by atoms with Gasteiger partial charge in [-0.1, -0.05) is 6.92 Å². The highest BCUT2D eigenvalue weighted by atomic mass is 32.2. The van der Waals surface area contributed by atoms with E-state index in [9.17, 15) is 8.42 Å². The molecule has 1 atom stereocenters. The quantitative estimate of drug-likeness (QED) is 0.850. The zero-order chi connectivity index (χ0) is 11.5. The first-order chi connectivity index (χ1) is 6.93. The molecule has 0 aromatic heterocycles. The van der Waals surface area contributed by atoms with Gasteiger partial charge in [-0.25, -0.2) is 13.6 Å². The molecule has 2 N–H and O–H groups in total. The maximum atomic E-state index is 11.0. The molecule has 0 amide bonds. The molecular weight excluding hydrogens is 214 g/mol. The van der Waals surface area contributed by atoms with Crippen molar-refractivity contribution in [3.63, 3.8) is 0 Å². The Kier molecular flexibility index (Phi) is 3.71. The molecule has 1 aromatic carbocycles. The molecule has 4 nitrogen and oxygen atoms in total. The summed E-state index contributed by atoms with van der Waals surface area (Å²) in [7, 11) is -3.61. The third-order valence-electron chi connectivity index (χ3n) is 2.06. The molecule has 0 aliphatic heterocycles. The first-order valence-electron chi connectivity index (χ1n) is 4.73. The number of hydrogen-bond acceptors (Lipinski definition) is 3. The van der Waals surface area contributed by atoms with Gasteiger partial charge in [0, 0.05) is 0 Å². The van der Waals surface area contributed by atoms with Crippen LogP contribution in [0, 0.1) is 0 Å². The first-order valence-corrected chi connectivity index (χ1v) is 6.27. The van der Waals surface area contributed by atoms with E-state index < -0.39 is 10.0 Å². The van der Waals surface area contributed by atoms with E-state index in [1.807, 2.05) is 13.8 Å². The molecular formula is C10H15NO3S. The number of hydrogen-bond donors (Lipinski definition) is 1. The SMILES string of the molecule is CC[C@H](C)Oc1ccc(S(N)(=O)=O)cc1. The van der Waals surface area contributed by atoms with Gasteiger partial charge < -0.3 is 4.74 Å². The molecule has 0 radical (unpaired) electrons. The number of nitrogens with two attached hydrogens (primary N) is 1. The highest BCUT2D eigenvalue weighted by Gasteiger charge is 2.07. The molecule has 0 heterocycles. The van der Waals surface area contributed by atoms with Gasteiger partial charge in [0.15, 0.2) is 0 Å². The molecule has 0 spiro atoms. The van der Waals surface area contributed by atoms with Crippen LogP contribution in [0.1, 0.15) is 20.3 Å². The van der Waals surface area contributed by atoms with Gasteiger partial charge in [-0.15, -0.1) is 0 Å². The van der Waals surface area contributed by atoms with Gasteiger partial charge in [-0.2, -0.15) is 0 Å². The predicted octanol–water partition coefficient (Wildman–Crippen LogP) is 1.51. The second-order valence-corrected chi connectivity index (χ2v) is 4.91. The van der Waals surface area contributed by atoms with E-state index in [4.69, 9.17) is 9.88 Å². The molecule has 15 heavy (non-hydrogen) atoms. The van der Waals surface area contributed by atoms with Gasteiger partial charge in [0.25, 0.3) is 0 Å². The summed E-state index contributed by atoms with van der Waals surface area (Å²) in [5.41, 5.74) is 0. The van der Waals surface area contributed by atoms with Crippen LogP contribution >= 0.6 is 0 Å². The van der Waals surface area contributed by atoms with Gasteiger partial charge in [0.1, 0.15) is 5.75 Å². The largest absolute Gasteiger partial charge is 0.491 e. The fourth-order valence-electron chi connectivity index (χ4n) is 1.02. The van der Waals surface area contributed by atoms with Gasteiger partial charge >= 0.3 is 0 Å². The summed E-state index contributed by atoms with van der Waals surface area (Å²) in [6.45, 7) is 3.97. The standard InChI is InChI=1S/C10H15NO3S/c1-3-8(2)14-9-4-6-10(7-5-9)15(11,12)13/h4-8H,3H2,1-2H3,(H2,11,12,13)/t8-/m0/s1. The van der Waals surface area contributed by atoms with Crippen LogP contribution in [-0.2, 0) is 10.0 Å². The third kappa shape index (κ3) is 3.53. The molecule has 0 aliphatic carbocycles. The van der Waals surface area contributed by atoms with E-state index in [0.717, 1.165) is 6.42 Å². The summed E-state index contributed by atoms with van der Waals surface area (Å²) < 4.78 is 27.4. The van der Waals surface area contributed by atoms with E-state index >= 15 is 0 Å². The minimum atomic E-state index is -3.61. The highest BCUT2D eigenvalue weighted by Crippen LogP contribution is 2.16. The van der Waals surface area contributed by atoms with Crippen LogP contribution in [0.2, 0.25) is 0 Å². The number of ether oxygens (including phenoxy) is 1. The summed E-state index contributed by atoms with van der Waals surface area (Å²) in [4.78, 5) is 0.0963. The van der Waals surface area contributed by atoms with E-state index in [2.05, 4.69) is 0 Å². The van der Waals surface area contributed by atoms with Gasteiger partial charge in [0.2, 0.25) is 10.0 Å². The average Bonchev–Trinajstić information content (AvgIpc) is 2.17. The molecule has 0 aliphatic rings. The molecule has 0 saturated carbocycles. The number of rotatable bonds is 4. The summed E-state index contributed by atoms with van der Waals surface area (Å²) in [6.07, 6.45) is 1.02. The Bertz CT molecular complexity index is 411. The Morgan fingerprint density at radius 2 is 1.87 bits per heavy atom. The van der Waals surface area contributed by atoms with Crippen molar-refractivity contribution in [2.75, 3.05) is 0 Å². The predicted molar refractivity (Wildman–Crippen MR) is 58.2 cm³/mol. The van der Waals surface area contributed by atoms with Crippen LogP contribution < -0.4 is 9.88 Å². The highest BCUT2D eigenvalue weighted by molar-refractivity contribution is 7.89. The Morgan fingerprint density at radius 1 is 1.33 bits per heavy atom. The lowest BCUT2D eigenvalue weighted by atomic mass is 10.3. The number of sulfonamides is 1. The Balaban J connectivity index is 2.82. The van der Waals surface area contributed by atoms with Crippen LogP contribution in [0.4, 0.5) is 0 Å². The smallest absolute Gasteiger partial charge is 0.238 e. The van der Waals surface area contributed by atoms with E-state index in [1.54, 1.807) is 12.1 Å². The number of primary sulfonamides is 1. The Morgan fingerprint density at radius 3 is 2.27 bits per heavy atom. The van der Waals surface area contributed by atoms with Crippen LogP contribution in [0.3, 0.4) is 0 Å². The van der Waals surface area contributed by atoms with Crippen LogP contribution in [0.15, 0.2) is 29.2 Å². The Hall–Kier alpha value is -1.07. The second-order valence-electron chi connectivity index (χ2n) is 3.35. The van der Waals surface area contributed by atoms with E-state index in [-0.39, 0.29) is 11.0 Å². The lowest BCUT2D eigenvalue weighted by molar-refractivity contribution is 0.217. The zero-order valence-corrected chi connectivity index (χ0v) is 9.62. The van der Waals surface area contributed by atoms with E-state index in [0.29, 0.717) is 5.75 Å². The lowest BCUT2D eigenvalue weighted by Gasteiger charge is -2.12. The van der Waals surface area contributed by atoms with Crippen molar-refractivity contribution in [3.05, 3.63) is 24.3 Å². The first kappa shape index (κ1) is 12.0. The molecule has 0 unspecified atom stereocenters. The van der Waals surface area contributed by atoms with Crippen molar-refractivity contribution in [2.45, 2.75) is 31.3 Å². The van der Waals surface area contributed by atoms with Crippen molar-refractivity contribution in [2.24, 2.45) is 5.14 Å². The third-order valence-corrected chi connectivity index (χ3v) is 2.99. The van der Waals surface area contributed by atoms with Crippen LogP contribution in [-0.4, -0.2) is 14.5 Å². The minimum absolute atomic E-state index is 0.0963. The fraction of sp³-hybridized carbons (Fsp3) is 0.400. The normalized spacial score (nSPS) is 13.5. The molecule has 1 aromatic rings. The van der Waals surface area contributed by atoms with Crippen molar-refractivity contribution in [3.8, 4) is 5.75 Å². The van der Waals surface area contributed by atoms with E-state index in [1.165, 1.54) is 12.1 Å². The topological polar surface area (TPSA) is 69.4 Å². The summed E-state index contributed by atoms with van der Waals surface area (Å²) in [6, 6.07) is 6.08. The summed E-state index contributed by atoms with van der Waals surface area (Å²) >= 11 is 0. The fourth-order valence-corrected chi connectivity index (χ4v) is 1.54. The van der Waals surface area contributed by atoms with Crippen LogP contribution in [0.25, 0.3) is 0 Å². The molecule has 5 heteroatoms. The van der Waals surface area contributed by atoms with Crippen molar-refractivity contribution < 1.29 is 13.2 Å². The van der Waals surface area contributed by atoms with Crippen molar-refractivity contribution >= 4 is 10.0 Å². The molecule has 0 saturated heterocycles. The summed E-state index contributed by atoms with van der Waals surface area (Å²) in [5, 5.41) is 4.97. The molecule has 84 valence electrons. The zero-order valence-electron chi connectivity index (χ0n) is 8.80. The maximum absolute atomic E-state index is 11.0. The molecule has 0 bridgehead atoms. The number of benzene rings is 1. The molecule has 1 rings (SSSR count). The minimum Gasteiger partial charge on any atom is -0.491 e. The van der Waals surface area contributed by atoms with Crippen molar-refractivity contribution in [1.29, 1.82) is 0 Å². The molecule has 0 fully saturated rings. The van der Waals surface area contributed by atoms with Gasteiger partial charge in [0.05, 0.1) is 11.0 Å². The van der Waals surface area contributed by atoms with Crippen molar-refractivity contribution in [1.82, 2.24) is 0 Å².